The van der Waals surface area contributed by atoms with Gasteiger partial charge < -0.3 is 20.1 Å². The molecule has 2 aliphatic heterocycles. The van der Waals surface area contributed by atoms with Crippen LogP contribution in [-0.2, 0) is 22.4 Å². The van der Waals surface area contributed by atoms with Crippen molar-refractivity contribution in [2.75, 3.05) is 25.5 Å². The number of rotatable bonds is 10. The number of carbonyl (C=O) groups excluding carboxylic acids is 1. The Balaban J connectivity index is 1.31. The van der Waals surface area contributed by atoms with Crippen molar-refractivity contribution < 1.29 is 19.4 Å². The number of ether oxygens (including phenoxy) is 1. The number of fused-ring (bicyclic) bond motifs is 1. The van der Waals surface area contributed by atoms with E-state index in [1.54, 1.807) is 23.2 Å². The summed E-state index contributed by atoms with van der Waals surface area (Å²) >= 11 is 0. The molecule has 0 radical (unpaired) electrons. The first-order valence-electron chi connectivity index (χ1n) is 11.6. The van der Waals surface area contributed by atoms with Gasteiger partial charge in [-0.3, -0.25) is 9.59 Å². The molecule has 1 unspecified atom stereocenters. The van der Waals surface area contributed by atoms with Crippen molar-refractivity contribution in [2.45, 2.75) is 57.9 Å². The number of pyridine rings is 2. The molecule has 0 aliphatic carbocycles. The number of nitrogens with one attached hydrogen (secondary N) is 1. The number of methoxy groups -OCH3 is 1. The Morgan fingerprint density at radius 3 is 2.85 bits per heavy atom. The van der Waals surface area contributed by atoms with Gasteiger partial charge in [0.2, 0.25) is 11.8 Å². The van der Waals surface area contributed by atoms with E-state index in [1.807, 2.05) is 6.92 Å². The second-order valence-corrected chi connectivity index (χ2v) is 9.29. The van der Waals surface area contributed by atoms with Crippen molar-refractivity contribution in [3.05, 3.63) is 47.3 Å². The molecule has 1 fully saturated rings. The summed E-state index contributed by atoms with van der Waals surface area (Å²) in [6.07, 6.45) is 7.26. The zero-order valence-electron chi connectivity index (χ0n) is 19.3. The van der Waals surface area contributed by atoms with Crippen LogP contribution in [0.5, 0.6) is 5.88 Å². The molecule has 0 spiro atoms. The molecule has 176 valence electrons. The fourth-order valence-corrected chi connectivity index (χ4v) is 4.82. The van der Waals surface area contributed by atoms with E-state index in [2.05, 4.69) is 22.4 Å². The highest BCUT2D eigenvalue weighted by atomic mass is 16.5. The predicted molar refractivity (Wildman–Crippen MR) is 124 cm³/mol. The standard InChI is InChI=1S/C25H32N4O4/c1-25(12-4-3-7-19-10-8-17-6-5-13-26-23(17)28-19)16-29(24(25)32)20(14-22(30)31)18-9-11-21(33-2)27-15-18/h8-11,15,20H,3-7,12-14,16H2,1-2H3,(H,26,28)(H,30,31)/t20?,25-/m1/s1. The van der Waals surface area contributed by atoms with Crippen LogP contribution in [0.3, 0.4) is 0 Å². The highest BCUT2D eigenvalue weighted by molar-refractivity contribution is 5.89. The van der Waals surface area contributed by atoms with Crippen molar-refractivity contribution in [2.24, 2.45) is 5.41 Å². The predicted octanol–water partition coefficient (Wildman–Crippen LogP) is 3.62. The molecule has 8 nitrogen and oxygen atoms in total. The van der Waals surface area contributed by atoms with Crippen LogP contribution in [0, 0.1) is 5.41 Å². The number of anilines is 1. The van der Waals surface area contributed by atoms with Crippen LogP contribution in [0.2, 0.25) is 0 Å². The molecule has 2 N–H and O–H groups in total. The number of carbonyl (C=O) groups is 2. The molecular formula is C25H32N4O4. The minimum Gasteiger partial charge on any atom is -0.481 e. The lowest BCUT2D eigenvalue weighted by molar-refractivity contribution is -0.165. The maximum atomic E-state index is 13.1. The van der Waals surface area contributed by atoms with E-state index < -0.39 is 17.4 Å². The number of hydrogen-bond acceptors (Lipinski definition) is 6. The largest absolute Gasteiger partial charge is 0.481 e. The number of aromatic nitrogens is 2. The lowest BCUT2D eigenvalue weighted by Gasteiger charge is -2.50. The Bertz CT molecular complexity index is 1010. The SMILES string of the molecule is COc1ccc(C(CC(=O)O)N2C[C@@](C)(CCCCc3ccc4c(n3)NCCC4)C2=O)cn1. The molecule has 0 bridgehead atoms. The van der Waals surface area contributed by atoms with Gasteiger partial charge in [-0.15, -0.1) is 0 Å². The second-order valence-electron chi connectivity index (χ2n) is 9.29. The van der Waals surface area contributed by atoms with Crippen molar-refractivity contribution in [1.82, 2.24) is 14.9 Å². The van der Waals surface area contributed by atoms with Crippen LogP contribution < -0.4 is 10.1 Å². The summed E-state index contributed by atoms with van der Waals surface area (Å²) in [6, 6.07) is 7.24. The van der Waals surface area contributed by atoms with Gasteiger partial charge in [-0.05, 0) is 56.2 Å². The fraction of sp³-hybridized carbons (Fsp3) is 0.520. The average molecular weight is 453 g/mol. The highest BCUT2D eigenvalue weighted by Crippen LogP contribution is 2.43. The summed E-state index contributed by atoms with van der Waals surface area (Å²) in [4.78, 5) is 35.2. The molecule has 4 rings (SSSR count). The number of carboxylic acid groups (broad SMARTS) is 1. The molecule has 2 atom stereocenters. The number of nitrogens with zero attached hydrogens (tertiary/aromatic N) is 3. The number of unbranched alkanes of at least 4 members (excludes halogenated alkanes) is 1. The molecule has 0 aromatic carbocycles. The molecule has 4 heterocycles. The van der Waals surface area contributed by atoms with Crippen molar-refractivity contribution >= 4 is 17.7 Å². The van der Waals surface area contributed by atoms with E-state index in [0.29, 0.717) is 18.0 Å². The zero-order chi connectivity index (χ0) is 23.4. The topological polar surface area (TPSA) is 105 Å². The van der Waals surface area contributed by atoms with Gasteiger partial charge in [0.05, 0.1) is 25.0 Å². The summed E-state index contributed by atoms with van der Waals surface area (Å²) in [5, 5.41) is 12.8. The molecule has 33 heavy (non-hydrogen) atoms. The molecule has 2 aromatic rings. The van der Waals surface area contributed by atoms with Crippen molar-refractivity contribution in [3.63, 3.8) is 0 Å². The molecule has 1 saturated heterocycles. The third-order valence-electron chi connectivity index (χ3n) is 6.76. The third-order valence-corrected chi connectivity index (χ3v) is 6.76. The number of carboxylic acids is 1. The second kappa shape index (κ2) is 9.77. The molecule has 8 heteroatoms. The van der Waals surface area contributed by atoms with Gasteiger partial charge in [0, 0.05) is 31.0 Å². The summed E-state index contributed by atoms with van der Waals surface area (Å²) in [7, 11) is 1.53. The van der Waals surface area contributed by atoms with Crippen LogP contribution in [-0.4, -0.2) is 52.1 Å². The van der Waals surface area contributed by atoms with Crippen LogP contribution in [0.4, 0.5) is 5.82 Å². The van der Waals surface area contributed by atoms with Gasteiger partial charge >= 0.3 is 5.97 Å². The fourth-order valence-electron chi connectivity index (χ4n) is 4.82. The molecule has 0 saturated carbocycles. The molecular weight excluding hydrogens is 420 g/mol. The maximum Gasteiger partial charge on any atom is 0.305 e. The van der Waals surface area contributed by atoms with Gasteiger partial charge in [-0.2, -0.15) is 0 Å². The maximum absolute atomic E-state index is 13.1. The van der Waals surface area contributed by atoms with Crippen LogP contribution in [0.15, 0.2) is 30.5 Å². The number of aliphatic carboxylic acids is 1. The first kappa shape index (κ1) is 23.0. The van der Waals surface area contributed by atoms with Gasteiger partial charge in [0.1, 0.15) is 5.82 Å². The van der Waals surface area contributed by atoms with Gasteiger partial charge in [0.15, 0.2) is 0 Å². The minimum atomic E-state index is -0.940. The van der Waals surface area contributed by atoms with E-state index in [-0.39, 0.29) is 12.3 Å². The van der Waals surface area contributed by atoms with E-state index in [1.165, 1.54) is 12.7 Å². The van der Waals surface area contributed by atoms with E-state index in [0.717, 1.165) is 56.6 Å². The molecule has 2 aliphatic rings. The van der Waals surface area contributed by atoms with Gasteiger partial charge in [-0.1, -0.05) is 18.6 Å². The third kappa shape index (κ3) is 5.10. The number of likely N-dealkylation sites (tertiary alicyclic amines) is 1. The average Bonchev–Trinajstić information content (AvgIpc) is 2.83. The number of aryl methyl sites for hydroxylation is 2. The number of amides is 1. The van der Waals surface area contributed by atoms with Crippen LogP contribution in [0.1, 0.15) is 61.9 Å². The first-order chi connectivity index (χ1) is 15.9. The zero-order valence-corrected chi connectivity index (χ0v) is 19.3. The smallest absolute Gasteiger partial charge is 0.305 e. The number of β-lactam (4-membered cyclic amide) rings is 1. The molecule has 1 amide bonds. The van der Waals surface area contributed by atoms with Gasteiger partial charge in [0.25, 0.3) is 0 Å². The summed E-state index contributed by atoms with van der Waals surface area (Å²) in [5.41, 5.74) is 2.64. The quantitative estimate of drug-likeness (QED) is 0.419. The Hall–Kier alpha value is -3.16. The first-order valence-corrected chi connectivity index (χ1v) is 11.6. The Kier molecular flexibility index (Phi) is 6.81. The Morgan fingerprint density at radius 2 is 2.15 bits per heavy atom. The van der Waals surface area contributed by atoms with Gasteiger partial charge in [-0.25, -0.2) is 9.97 Å². The molecule has 2 aromatic heterocycles. The summed E-state index contributed by atoms with van der Waals surface area (Å²) < 4.78 is 5.08. The van der Waals surface area contributed by atoms with Crippen molar-refractivity contribution in [3.8, 4) is 5.88 Å². The Labute approximate surface area is 194 Å². The van der Waals surface area contributed by atoms with Crippen molar-refractivity contribution in [1.29, 1.82) is 0 Å². The summed E-state index contributed by atoms with van der Waals surface area (Å²) in [5.74, 6) is 0.551. The summed E-state index contributed by atoms with van der Waals surface area (Å²) in [6.45, 7) is 3.52. The van der Waals surface area contributed by atoms with E-state index >= 15 is 0 Å². The lowest BCUT2D eigenvalue weighted by Crippen LogP contribution is -2.61. The van der Waals surface area contributed by atoms with Crippen LogP contribution in [0.25, 0.3) is 0 Å². The number of hydrogen-bond donors (Lipinski definition) is 2. The van der Waals surface area contributed by atoms with E-state index in [4.69, 9.17) is 9.72 Å². The van der Waals surface area contributed by atoms with E-state index in [9.17, 15) is 14.7 Å². The minimum absolute atomic E-state index is 0.0145. The lowest BCUT2D eigenvalue weighted by atomic mass is 9.74. The monoisotopic (exact) mass is 452 g/mol. The normalized spacial score (nSPS) is 20.4. The Morgan fingerprint density at radius 1 is 1.30 bits per heavy atom. The highest BCUT2D eigenvalue weighted by Gasteiger charge is 2.50. The van der Waals surface area contributed by atoms with Crippen LogP contribution >= 0.6 is 0 Å².